The molecule has 96 valence electrons. The second-order valence-electron chi connectivity index (χ2n) is 4.34. The first-order chi connectivity index (χ1) is 8.58. The van der Waals surface area contributed by atoms with Gasteiger partial charge in [-0.15, -0.1) is 0 Å². The van der Waals surface area contributed by atoms with Gasteiger partial charge in [-0.2, -0.15) is 0 Å². The summed E-state index contributed by atoms with van der Waals surface area (Å²) >= 11 is 5.83. The molecule has 1 aliphatic rings. The van der Waals surface area contributed by atoms with Crippen molar-refractivity contribution in [2.24, 2.45) is 0 Å². The van der Waals surface area contributed by atoms with Gasteiger partial charge >= 0.3 is 0 Å². The Morgan fingerprint density at radius 2 is 2.28 bits per heavy atom. The largest absolute Gasteiger partial charge is 0.352 e. The van der Waals surface area contributed by atoms with Gasteiger partial charge in [-0.05, 0) is 25.0 Å². The molecule has 2 rings (SSSR count). The molecule has 0 aromatic carbocycles. The number of carbonyl (C=O) groups is 2. The van der Waals surface area contributed by atoms with Crippen molar-refractivity contribution in [3.05, 3.63) is 29.0 Å². The Hall–Kier alpha value is -1.62. The second-order valence-corrected chi connectivity index (χ2v) is 4.70. The molecule has 0 saturated heterocycles. The number of amides is 2. The monoisotopic (exact) mass is 267 g/mol. The van der Waals surface area contributed by atoms with Crippen molar-refractivity contribution in [3.63, 3.8) is 0 Å². The van der Waals surface area contributed by atoms with E-state index in [1.807, 2.05) is 0 Å². The Bertz CT molecular complexity index is 474. The van der Waals surface area contributed by atoms with Crippen LogP contribution in [-0.2, 0) is 4.79 Å². The van der Waals surface area contributed by atoms with Crippen LogP contribution in [0.15, 0.2) is 18.3 Å². The molecular weight excluding hydrogens is 254 g/mol. The van der Waals surface area contributed by atoms with Crippen LogP contribution in [0.1, 0.15) is 23.2 Å². The van der Waals surface area contributed by atoms with E-state index in [2.05, 4.69) is 10.3 Å². The number of pyridine rings is 1. The fourth-order valence-corrected chi connectivity index (χ4v) is 1.74. The van der Waals surface area contributed by atoms with Gasteiger partial charge in [-0.1, -0.05) is 11.6 Å². The van der Waals surface area contributed by atoms with Crippen LogP contribution in [0.3, 0.4) is 0 Å². The highest BCUT2D eigenvalue weighted by Crippen LogP contribution is 2.18. The molecule has 1 heterocycles. The highest BCUT2D eigenvalue weighted by Gasteiger charge is 2.25. The van der Waals surface area contributed by atoms with E-state index in [0.717, 1.165) is 12.8 Å². The van der Waals surface area contributed by atoms with E-state index in [4.69, 9.17) is 11.6 Å². The standard InChI is InChI=1S/C12H14ClN3O2/c1-16(7-10(17)15-8-4-5-8)12(18)9-3-2-6-14-11(9)13/h2-3,6,8H,4-5,7H2,1H3,(H,15,17). The van der Waals surface area contributed by atoms with Gasteiger partial charge in [0, 0.05) is 19.3 Å². The first-order valence-electron chi connectivity index (χ1n) is 5.73. The number of nitrogens with one attached hydrogen (secondary N) is 1. The van der Waals surface area contributed by atoms with Crippen LogP contribution in [0.2, 0.25) is 5.15 Å². The first kappa shape index (κ1) is 12.8. The topological polar surface area (TPSA) is 62.3 Å². The molecule has 18 heavy (non-hydrogen) atoms. The average Bonchev–Trinajstić information content (AvgIpc) is 3.12. The maximum absolute atomic E-state index is 12.0. The highest BCUT2D eigenvalue weighted by atomic mass is 35.5. The number of hydrogen-bond donors (Lipinski definition) is 1. The van der Waals surface area contributed by atoms with E-state index in [1.54, 1.807) is 19.2 Å². The Kier molecular flexibility index (Phi) is 3.81. The first-order valence-corrected chi connectivity index (χ1v) is 6.11. The zero-order valence-corrected chi connectivity index (χ0v) is 10.8. The molecular formula is C12H14ClN3O2. The van der Waals surface area contributed by atoms with Crippen LogP contribution in [0.5, 0.6) is 0 Å². The second kappa shape index (κ2) is 5.35. The van der Waals surface area contributed by atoms with Gasteiger partial charge in [-0.3, -0.25) is 9.59 Å². The van der Waals surface area contributed by atoms with Gasteiger partial charge in [0.05, 0.1) is 12.1 Å². The van der Waals surface area contributed by atoms with Crippen molar-refractivity contribution in [2.75, 3.05) is 13.6 Å². The van der Waals surface area contributed by atoms with Crippen LogP contribution in [-0.4, -0.2) is 41.3 Å². The van der Waals surface area contributed by atoms with Crippen LogP contribution in [0, 0.1) is 0 Å². The van der Waals surface area contributed by atoms with Gasteiger partial charge in [0.25, 0.3) is 5.91 Å². The van der Waals surface area contributed by atoms with Crippen molar-refractivity contribution in [1.29, 1.82) is 0 Å². The summed E-state index contributed by atoms with van der Waals surface area (Å²) in [7, 11) is 1.57. The van der Waals surface area contributed by atoms with Crippen molar-refractivity contribution in [1.82, 2.24) is 15.2 Å². The molecule has 1 aliphatic carbocycles. The number of rotatable bonds is 4. The zero-order valence-electron chi connectivity index (χ0n) is 10.0. The third kappa shape index (κ3) is 3.20. The predicted octanol–water partition coefficient (Wildman–Crippen LogP) is 1.09. The lowest BCUT2D eigenvalue weighted by atomic mass is 10.2. The summed E-state index contributed by atoms with van der Waals surface area (Å²) in [6, 6.07) is 3.52. The molecule has 0 spiro atoms. The summed E-state index contributed by atoms with van der Waals surface area (Å²) in [4.78, 5) is 28.8. The van der Waals surface area contributed by atoms with E-state index >= 15 is 0 Å². The SMILES string of the molecule is CN(CC(=O)NC1CC1)C(=O)c1cccnc1Cl. The Balaban J connectivity index is 1.95. The van der Waals surface area contributed by atoms with Crippen molar-refractivity contribution >= 4 is 23.4 Å². The fraction of sp³-hybridized carbons (Fsp3) is 0.417. The van der Waals surface area contributed by atoms with Crippen molar-refractivity contribution in [3.8, 4) is 0 Å². The molecule has 1 N–H and O–H groups in total. The molecule has 0 aliphatic heterocycles. The van der Waals surface area contributed by atoms with Crippen LogP contribution < -0.4 is 5.32 Å². The maximum atomic E-state index is 12.0. The van der Waals surface area contributed by atoms with Gasteiger partial charge in [-0.25, -0.2) is 4.98 Å². The smallest absolute Gasteiger partial charge is 0.257 e. The highest BCUT2D eigenvalue weighted by molar-refractivity contribution is 6.32. The number of nitrogens with zero attached hydrogens (tertiary/aromatic N) is 2. The Morgan fingerprint density at radius 1 is 1.56 bits per heavy atom. The molecule has 1 aromatic heterocycles. The van der Waals surface area contributed by atoms with Crippen LogP contribution in [0.4, 0.5) is 0 Å². The van der Waals surface area contributed by atoms with Gasteiger partial charge in [0.1, 0.15) is 5.15 Å². The van der Waals surface area contributed by atoms with E-state index in [0.29, 0.717) is 11.6 Å². The number of halogens is 1. The van der Waals surface area contributed by atoms with E-state index in [9.17, 15) is 9.59 Å². The number of aromatic nitrogens is 1. The fourth-order valence-electron chi connectivity index (χ4n) is 1.54. The minimum Gasteiger partial charge on any atom is -0.352 e. The molecule has 0 unspecified atom stereocenters. The summed E-state index contributed by atoms with van der Waals surface area (Å²) in [6.07, 6.45) is 3.56. The van der Waals surface area contributed by atoms with Crippen LogP contribution in [0.25, 0.3) is 0 Å². The Labute approximate surface area is 110 Å². The van der Waals surface area contributed by atoms with Crippen molar-refractivity contribution in [2.45, 2.75) is 18.9 Å². The normalized spacial score (nSPS) is 14.1. The molecule has 1 aromatic rings. The van der Waals surface area contributed by atoms with E-state index < -0.39 is 0 Å². The van der Waals surface area contributed by atoms with E-state index in [-0.39, 0.29) is 23.5 Å². The third-order valence-corrected chi connectivity index (χ3v) is 2.96. The lowest BCUT2D eigenvalue weighted by Crippen LogP contribution is -2.39. The summed E-state index contributed by atoms with van der Waals surface area (Å²) in [6.45, 7) is 0.0283. The summed E-state index contributed by atoms with van der Waals surface area (Å²) < 4.78 is 0. The molecule has 0 radical (unpaired) electrons. The summed E-state index contributed by atoms with van der Waals surface area (Å²) in [5.41, 5.74) is 0.306. The lowest BCUT2D eigenvalue weighted by molar-refractivity contribution is -0.121. The number of carbonyl (C=O) groups excluding carboxylic acids is 2. The van der Waals surface area contributed by atoms with Crippen molar-refractivity contribution < 1.29 is 9.59 Å². The third-order valence-electron chi connectivity index (χ3n) is 2.66. The number of hydrogen-bond acceptors (Lipinski definition) is 3. The lowest BCUT2D eigenvalue weighted by Gasteiger charge is -2.17. The zero-order chi connectivity index (χ0) is 13.1. The van der Waals surface area contributed by atoms with Gasteiger partial charge in [0.15, 0.2) is 0 Å². The Morgan fingerprint density at radius 3 is 2.89 bits per heavy atom. The molecule has 2 amide bonds. The van der Waals surface area contributed by atoms with Crippen LogP contribution >= 0.6 is 11.6 Å². The summed E-state index contributed by atoms with van der Waals surface area (Å²) in [5, 5.41) is 2.97. The minimum absolute atomic E-state index is 0.0283. The molecule has 0 atom stereocenters. The number of likely N-dealkylation sites (N-methyl/N-ethyl adjacent to an activating group) is 1. The molecule has 6 heteroatoms. The quantitative estimate of drug-likeness (QED) is 0.831. The maximum Gasteiger partial charge on any atom is 0.257 e. The van der Waals surface area contributed by atoms with Gasteiger partial charge in [0.2, 0.25) is 5.91 Å². The molecule has 0 bridgehead atoms. The van der Waals surface area contributed by atoms with Gasteiger partial charge < -0.3 is 10.2 Å². The molecule has 1 saturated carbocycles. The molecule has 1 fully saturated rings. The molecule has 5 nitrogen and oxygen atoms in total. The minimum atomic E-state index is -0.306. The van der Waals surface area contributed by atoms with E-state index in [1.165, 1.54) is 11.1 Å². The predicted molar refractivity (Wildman–Crippen MR) is 67.4 cm³/mol. The average molecular weight is 268 g/mol. The summed E-state index contributed by atoms with van der Waals surface area (Å²) in [5.74, 6) is -0.451.